The van der Waals surface area contributed by atoms with Crippen molar-refractivity contribution in [3.8, 4) is 39.1 Å². The van der Waals surface area contributed by atoms with Crippen molar-refractivity contribution >= 4 is 66.1 Å². The van der Waals surface area contributed by atoms with Gasteiger partial charge in [0.25, 0.3) is 0 Å². The lowest BCUT2D eigenvalue weighted by Crippen LogP contribution is -2.10. The van der Waals surface area contributed by atoms with Crippen LogP contribution in [0.1, 0.15) is 0 Å². The molecule has 0 aliphatic carbocycles. The molecular formula is C54H34N4. The number of hydrogen-bond acceptors (Lipinski definition) is 2. The first-order chi connectivity index (χ1) is 28.7. The summed E-state index contributed by atoms with van der Waals surface area (Å²) in [7, 11) is 0. The van der Waals surface area contributed by atoms with Gasteiger partial charge in [-0.3, -0.25) is 4.98 Å². The third-order valence-corrected chi connectivity index (χ3v) is 11.4. The van der Waals surface area contributed by atoms with Crippen LogP contribution < -0.4 is 4.90 Å². The summed E-state index contributed by atoms with van der Waals surface area (Å²) in [6.07, 6.45) is 3.74. The van der Waals surface area contributed by atoms with Crippen molar-refractivity contribution < 1.29 is 0 Å². The minimum absolute atomic E-state index is 0.605. The maximum absolute atomic E-state index is 7.64. The van der Waals surface area contributed by atoms with Gasteiger partial charge in [-0.1, -0.05) is 121 Å². The van der Waals surface area contributed by atoms with E-state index >= 15 is 0 Å². The Hall–Kier alpha value is -8.00. The van der Waals surface area contributed by atoms with Gasteiger partial charge in [-0.05, 0) is 122 Å². The monoisotopic (exact) mass is 738 g/mol. The zero-order valence-corrected chi connectivity index (χ0v) is 31.4. The van der Waals surface area contributed by atoms with Gasteiger partial charge in [0.05, 0.1) is 17.6 Å². The molecule has 11 rings (SSSR count). The van der Waals surface area contributed by atoms with Gasteiger partial charge in [0, 0.05) is 51.5 Å². The zero-order valence-electron chi connectivity index (χ0n) is 31.4. The summed E-state index contributed by atoms with van der Waals surface area (Å²) in [4.78, 5) is 10.5. The van der Waals surface area contributed by atoms with E-state index in [0.29, 0.717) is 5.69 Å². The van der Waals surface area contributed by atoms with Crippen molar-refractivity contribution in [1.29, 1.82) is 0 Å². The normalized spacial score (nSPS) is 11.4. The predicted molar refractivity (Wildman–Crippen MR) is 242 cm³/mol. The molecule has 0 saturated carbocycles. The maximum atomic E-state index is 7.64. The van der Waals surface area contributed by atoms with Gasteiger partial charge in [0.1, 0.15) is 0 Å². The van der Waals surface area contributed by atoms with Crippen LogP contribution >= 0.6 is 0 Å². The van der Waals surface area contributed by atoms with Crippen LogP contribution in [0.25, 0.3) is 87.3 Å². The molecule has 0 saturated heterocycles. The summed E-state index contributed by atoms with van der Waals surface area (Å²) >= 11 is 0. The molecule has 0 atom stereocenters. The number of fused-ring (bicyclic) bond motifs is 1. The Morgan fingerprint density at radius 2 is 1.16 bits per heavy atom. The van der Waals surface area contributed by atoms with Gasteiger partial charge >= 0.3 is 0 Å². The Morgan fingerprint density at radius 3 is 1.97 bits per heavy atom. The predicted octanol–water partition coefficient (Wildman–Crippen LogP) is 14.9. The first-order valence-corrected chi connectivity index (χ1v) is 19.5. The van der Waals surface area contributed by atoms with Crippen LogP contribution in [0.4, 0.5) is 22.7 Å². The van der Waals surface area contributed by atoms with Gasteiger partial charge in [0.15, 0.2) is 5.69 Å². The van der Waals surface area contributed by atoms with Crippen LogP contribution in [-0.4, -0.2) is 9.55 Å². The van der Waals surface area contributed by atoms with Crippen molar-refractivity contribution in [2.45, 2.75) is 0 Å². The summed E-state index contributed by atoms with van der Waals surface area (Å²) in [5.74, 6) is 0. The van der Waals surface area contributed by atoms with Crippen molar-refractivity contribution in [2.24, 2.45) is 0 Å². The highest BCUT2D eigenvalue weighted by molar-refractivity contribution is 6.26. The second kappa shape index (κ2) is 13.6. The molecule has 11 aromatic rings. The van der Waals surface area contributed by atoms with Gasteiger partial charge in [-0.15, -0.1) is 0 Å². The topological polar surface area (TPSA) is 25.4 Å². The molecule has 58 heavy (non-hydrogen) atoms. The fraction of sp³-hybridized carbons (Fsp3) is 0. The smallest absolute Gasteiger partial charge is 0.187 e. The van der Waals surface area contributed by atoms with E-state index in [1.807, 2.05) is 42.7 Å². The van der Waals surface area contributed by atoms with E-state index in [4.69, 9.17) is 6.57 Å². The number of para-hydroxylation sites is 1. The molecule has 2 aromatic heterocycles. The van der Waals surface area contributed by atoms with E-state index in [1.54, 1.807) is 0 Å². The average molecular weight is 739 g/mol. The van der Waals surface area contributed by atoms with E-state index < -0.39 is 0 Å². The highest BCUT2D eigenvalue weighted by Gasteiger charge is 2.20. The lowest BCUT2D eigenvalue weighted by Gasteiger charge is -2.27. The Kier molecular flexibility index (Phi) is 7.84. The lowest BCUT2D eigenvalue weighted by molar-refractivity contribution is 1.18. The van der Waals surface area contributed by atoms with Crippen molar-refractivity contribution in [3.63, 3.8) is 0 Å². The van der Waals surface area contributed by atoms with Crippen molar-refractivity contribution in [2.75, 3.05) is 4.90 Å². The summed E-state index contributed by atoms with van der Waals surface area (Å²) < 4.78 is 2.39. The minimum atomic E-state index is 0.605. The third-order valence-electron chi connectivity index (χ3n) is 11.4. The molecule has 0 amide bonds. The van der Waals surface area contributed by atoms with Crippen molar-refractivity contribution in [1.82, 2.24) is 9.55 Å². The Balaban J connectivity index is 1.08. The van der Waals surface area contributed by atoms with E-state index in [9.17, 15) is 0 Å². The fourth-order valence-electron chi connectivity index (χ4n) is 8.78. The Morgan fingerprint density at radius 1 is 0.448 bits per heavy atom. The molecule has 4 heteroatoms. The molecule has 2 heterocycles. The number of aromatic nitrogens is 2. The lowest BCUT2D eigenvalue weighted by atomic mass is 9.94. The number of hydrogen-bond donors (Lipinski definition) is 0. The largest absolute Gasteiger partial charge is 0.311 e. The fourth-order valence-corrected chi connectivity index (χ4v) is 8.78. The van der Waals surface area contributed by atoms with Crippen molar-refractivity contribution in [3.05, 3.63) is 218 Å². The van der Waals surface area contributed by atoms with Crippen LogP contribution in [-0.2, 0) is 0 Å². The van der Waals surface area contributed by atoms with Crippen LogP contribution in [0, 0.1) is 6.57 Å². The number of benzene rings is 9. The van der Waals surface area contributed by atoms with Crippen LogP contribution in [0.15, 0.2) is 207 Å². The number of rotatable bonds is 7. The zero-order chi connectivity index (χ0) is 38.6. The van der Waals surface area contributed by atoms with Crippen LogP contribution in [0.5, 0.6) is 0 Å². The number of nitrogens with zero attached hydrogens (tertiary/aromatic N) is 4. The Bertz CT molecular complexity index is 3320. The highest BCUT2D eigenvalue weighted by atomic mass is 15.1. The molecule has 0 fully saturated rings. The van der Waals surface area contributed by atoms with Crippen LogP contribution in [0.2, 0.25) is 0 Å². The first-order valence-electron chi connectivity index (χ1n) is 19.5. The van der Waals surface area contributed by atoms with E-state index in [1.165, 1.54) is 48.9 Å². The third kappa shape index (κ3) is 5.49. The molecule has 0 aliphatic rings. The van der Waals surface area contributed by atoms with Gasteiger partial charge in [0.2, 0.25) is 0 Å². The number of pyridine rings is 1. The summed E-state index contributed by atoms with van der Waals surface area (Å²) in [5.41, 5.74) is 13.9. The first kappa shape index (κ1) is 33.3. The second-order valence-electron chi connectivity index (χ2n) is 14.7. The summed E-state index contributed by atoms with van der Waals surface area (Å²) in [6.45, 7) is 7.64. The molecule has 0 aliphatic heterocycles. The van der Waals surface area contributed by atoms with E-state index in [0.717, 1.165) is 50.6 Å². The van der Waals surface area contributed by atoms with Gasteiger partial charge < -0.3 is 9.47 Å². The van der Waals surface area contributed by atoms with Gasteiger partial charge in [-0.2, -0.15) is 0 Å². The average Bonchev–Trinajstić information content (AvgIpc) is 3.64. The molecule has 0 unspecified atom stereocenters. The SMILES string of the molecule is [C-]#[N+]c1ccc(N(c2ccc(-c3ccc4c5c3ccc3cccc(c35)n4-c3ccccc3)cc2)c2cc(-c3cccnc3)cc(-c3cccc4ccccc34)c2)cc1. The molecule has 270 valence electrons. The maximum Gasteiger partial charge on any atom is 0.187 e. The Labute approximate surface area is 336 Å². The standard InChI is InChI=1S/C54H34N4/c1-55-42-22-26-45(27-23-42)57(46-33-40(39-13-9-31-56-35-39)32-41(34-46)48-17-7-11-36-10-5-6-16-47(36)48)44-24-19-37(20-25-44)49-29-30-52-54-50(49)28-21-38-12-8-18-51(53(38)54)58(52)43-14-3-2-4-15-43/h2-35H. The highest BCUT2D eigenvalue weighted by Crippen LogP contribution is 2.45. The molecule has 0 radical (unpaired) electrons. The van der Waals surface area contributed by atoms with Crippen LogP contribution in [0.3, 0.4) is 0 Å². The number of anilines is 3. The molecular weight excluding hydrogens is 705 g/mol. The molecule has 9 aromatic carbocycles. The molecule has 0 spiro atoms. The minimum Gasteiger partial charge on any atom is -0.311 e. The molecule has 0 bridgehead atoms. The molecule has 4 nitrogen and oxygen atoms in total. The second-order valence-corrected chi connectivity index (χ2v) is 14.7. The quantitative estimate of drug-likeness (QED) is 0.120. The summed E-state index contributed by atoms with van der Waals surface area (Å²) in [5, 5.41) is 7.46. The summed E-state index contributed by atoms with van der Waals surface area (Å²) in [6, 6.07) is 69.1. The van der Waals surface area contributed by atoms with E-state index in [2.05, 4.69) is 183 Å². The van der Waals surface area contributed by atoms with Gasteiger partial charge in [-0.25, -0.2) is 4.85 Å². The molecule has 0 N–H and O–H groups in total. The van der Waals surface area contributed by atoms with E-state index in [-0.39, 0.29) is 0 Å².